The van der Waals surface area contributed by atoms with Crippen LogP contribution in [-0.2, 0) is 0 Å². The molecular weight excluding hydrogens is 154 g/mol. The Balaban J connectivity index is 4.54. The Kier molecular flexibility index (Phi) is 3.70. The summed E-state index contributed by atoms with van der Waals surface area (Å²) in [5.41, 5.74) is 0. The Hall–Kier alpha value is 0.0969. The van der Waals surface area contributed by atoms with Crippen LogP contribution in [0.15, 0.2) is 0 Å². The van der Waals surface area contributed by atoms with Gasteiger partial charge < -0.3 is 0 Å². The Labute approximate surface area is 72.7 Å². The summed E-state index contributed by atoms with van der Waals surface area (Å²) in [7, 11) is 7.02. The molecule has 4 heteroatoms. The molecule has 0 aromatic rings. The number of hydrogen-bond donors (Lipinski definition) is 3. The highest BCUT2D eigenvalue weighted by atomic mass is 28.1. The predicted molar refractivity (Wildman–Crippen MR) is 53.9 cm³/mol. The first kappa shape index (κ1) is 11.1. The lowest BCUT2D eigenvalue weighted by Gasteiger charge is -2.44. The average molecular weight is 175 g/mol. The molecule has 0 amide bonds. The fourth-order valence-electron chi connectivity index (χ4n) is 1.50. The topological polar surface area (TPSA) is 36.1 Å². The minimum atomic E-state index is -0.126. The smallest absolute Gasteiger partial charge is 0.124 e. The number of rotatable bonds is 4. The van der Waals surface area contributed by atoms with Gasteiger partial charge in [-0.2, -0.15) is 0 Å². The lowest BCUT2D eigenvalue weighted by Crippen LogP contribution is -2.68. The number of nitrogens with one attached hydrogen (secondary N) is 3. The first-order valence-electron chi connectivity index (χ1n) is 4.00. The van der Waals surface area contributed by atoms with Crippen molar-refractivity contribution >= 4 is 10.2 Å². The molecule has 11 heavy (non-hydrogen) atoms. The summed E-state index contributed by atoms with van der Waals surface area (Å²) in [4.78, 5) is 0. The SMILES string of the molecule is CNC(NC)(NC)C(C)(C)[SiH3]. The molecule has 0 saturated heterocycles. The van der Waals surface area contributed by atoms with Crippen molar-refractivity contribution in [3.05, 3.63) is 0 Å². The van der Waals surface area contributed by atoms with Gasteiger partial charge in [-0.1, -0.05) is 13.8 Å². The molecular formula is C7H21N3Si. The molecule has 0 saturated carbocycles. The van der Waals surface area contributed by atoms with Crippen molar-refractivity contribution in [1.29, 1.82) is 0 Å². The lowest BCUT2D eigenvalue weighted by molar-refractivity contribution is 0.182. The Bertz CT molecular complexity index is 107. The van der Waals surface area contributed by atoms with Gasteiger partial charge in [-0.15, -0.1) is 0 Å². The minimum Gasteiger partial charge on any atom is -0.290 e. The van der Waals surface area contributed by atoms with E-state index in [9.17, 15) is 0 Å². The standard InChI is InChI=1S/C7H21N3Si/c1-6(2,11)7(8-3,9-4)10-5/h8-10H,1-5,11H3. The van der Waals surface area contributed by atoms with Gasteiger partial charge in [-0.25, -0.2) is 0 Å². The Morgan fingerprint density at radius 1 is 0.909 bits per heavy atom. The predicted octanol–water partition coefficient (Wildman–Crippen LogP) is -1.14. The summed E-state index contributed by atoms with van der Waals surface area (Å²) in [5.74, 6) is -0.126. The molecule has 0 aromatic heterocycles. The molecule has 0 radical (unpaired) electrons. The van der Waals surface area contributed by atoms with E-state index in [2.05, 4.69) is 29.8 Å². The zero-order valence-corrected chi connectivity index (χ0v) is 10.5. The zero-order chi connectivity index (χ0) is 9.12. The third-order valence-corrected chi connectivity index (χ3v) is 3.00. The van der Waals surface area contributed by atoms with Gasteiger partial charge in [-0.05, 0) is 26.2 Å². The minimum absolute atomic E-state index is 0.126. The van der Waals surface area contributed by atoms with E-state index in [1.165, 1.54) is 0 Å². The molecule has 0 bridgehead atoms. The van der Waals surface area contributed by atoms with E-state index in [1.807, 2.05) is 21.1 Å². The van der Waals surface area contributed by atoms with Gasteiger partial charge in [0.1, 0.15) is 5.79 Å². The molecule has 68 valence electrons. The maximum atomic E-state index is 3.27. The van der Waals surface area contributed by atoms with Crippen LogP contribution in [0.1, 0.15) is 13.8 Å². The fraction of sp³-hybridized carbons (Fsp3) is 1.00. The van der Waals surface area contributed by atoms with Crippen LogP contribution < -0.4 is 16.0 Å². The molecule has 0 unspecified atom stereocenters. The van der Waals surface area contributed by atoms with Crippen molar-refractivity contribution in [2.75, 3.05) is 21.1 Å². The van der Waals surface area contributed by atoms with E-state index in [0.29, 0.717) is 0 Å². The summed E-state index contributed by atoms with van der Waals surface area (Å²) in [6.07, 6.45) is 0. The molecule has 0 atom stereocenters. The highest BCUT2D eigenvalue weighted by Gasteiger charge is 2.37. The highest BCUT2D eigenvalue weighted by Crippen LogP contribution is 2.28. The summed E-state index contributed by atoms with van der Waals surface area (Å²) in [6.45, 7) is 4.48. The molecule has 3 N–H and O–H groups in total. The van der Waals surface area contributed by atoms with Crippen molar-refractivity contribution in [3.63, 3.8) is 0 Å². The van der Waals surface area contributed by atoms with Crippen LogP contribution in [-0.4, -0.2) is 37.2 Å². The van der Waals surface area contributed by atoms with E-state index in [0.717, 1.165) is 10.2 Å². The monoisotopic (exact) mass is 175 g/mol. The van der Waals surface area contributed by atoms with Gasteiger partial charge in [0.2, 0.25) is 0 Å². The third kappa shape index (κ3) is 2.02. The second-order valence-electron chi connectivity index (χ2n) is 3.75. The van der Waals surface area contributed by atoms with Crippen LogP contribution in [0.25, 0.3) is 0 Å². The van der Waals surface area contributed by atoms with Crippen LogP contribution >= 0.6 is 0 Å². The van der Waals surface area contributed by atoms with Crippen LogP contribution in [0, 0.1) is 0 Å². The van der Waals surface area contributed by atoms with Gasteiger partial charge >= 0.3 is 0 Å². The van der Waals surface area contributed by atoms with Gasteiger partial charge in [0.05, 0.1) is 0 Å². The molecule has 0 aliphatic carbocycles. The van der Waals surface area contributed by atoms with Crippen molar-refractivity contribution in [2.24, 2.45) is 0 Å². The molecule has 3 nitrogen and oxygen atoms in total. The lowest BCUT2D eigenvalue weighted by atomic mass is 10.0. The molecule has 0 aliphatic rings. The van der Waals surface area contributed by atoms with E-state index in [4.69, 9.17) is 0 Å². The number of hydrogen-bond acceptors (Lipinski definition) is 3. The van der Waals surface area contributed by atoms with Gasteiger partial charge in [0.25, 0.3) is 0 Å². The molecule has 0 spiro atoms. The normalized spacial score (nSPS) is 13.9. The molecule has 0 aliphatic heterocycles. The molecule has 0 fully saturated rings. The first-order chi connectivity index (χ1) is 4.93. The highest BCUT2D eigenvalue weighted by molar-refractivity contribution is 6.15. The quantitative estimate of drug-likeness (QED) is 0.373. The average Bonchev–Trinajstić information content (AvgIpc) is 1.90. The van der Waals surface area contributed by atoms with Crippen LogP contribution in [0.2, 0.25) is 5.04 Å². The largest absolute Gasteiger partial charge is 0.290 e. The Morgan fingerprint density at radius 3 is 1.18 bits per heavy atom. The van der Waals surface area contributed by atoms with Crippen molar-refractivity contribution in [1.82, 2.24) is 16.0 Å². The van der Waals surface area contributed by atoms with Crippen LogP contribution in [0.3, 0.4) is 0 Å². The van der Waals surface area contributed by atoms with Crippen molar-refractivity contribution < 1.29 is 0 Å². The molecule has 0 heterocycles. The second kappa shape index (κ2) is 3.67. The zero-order valence-electron chi connectivity index (χ0n) is 8.50. The summed E-state index contributed by atoms with van der Waals surface area (Å²) < 4.78 is 0. The van der Waals surface area contributed by atoms with Gasteiger partial charge in [0, 0.05) is 10.2 Å². The Morgan fingerprint density at radius 2 is 1.18 bits per heavy atom. The van der Waals surface area contributed by atoms with Crippen LogP contribution in [0.4, 0.5) is 0 Å². The summed E-state index contributed by atoms with van der Waals surface area (Å²) >= 11 is 0. The molecule has 0 aromatic carbocycles. The first-order valence-corrected chi connectivity index (χ1v) is 5.00. The van der Waals surface area contributed by atoms with Crippen molar-refractivity contribution in [3.8, 4) is 0 Å². The van der Waals surface area contributed by atoms with E-state index >= 15 is 0 Å². The maximum absolute atomic E-state index is 3.27. The fourth-order valence-corrected chi connectivity index (χ4v) is 2.25. The van der Waals surface area contributed by atoms with Crippen LogP contribution in [0.5, 0.6) is 0 Å². The molecule has 0 rings (SSSR count). The van der Waals surface area contributed by atoms with E-state index < -0.39 is 0 Å². The summed E-state index contributed by atoms with van der Waals surface area (Å²) in [6, 6.07) is 0. The van der Waals surface area contributed by atoms with E-state index in [1.54, 1.807) is 0 Å². The van der Waals surface area contributed by atoms with E-state index in [-0.39, 0.29) is 10.8 Å². The second-order valence-corrected chi connectivity index (χ2v) is 6.25. The van der Waals surface area contributed by atoms with Crippen molar-refractivity contribution in [2.45, 2.75) is 24.7 Å². The third-order valence-electron chi connectivity index (χ3n) is 2.25. The van der Waals surface area contributed by atoms with Gasteiger partial charge in [0.15, 0.2) is 0 Å². The van der Waals surface area contributed by atoms with Gasteiger partial charge in [-0.3, -0.25) is 16.0 Å². The summed E-state index contributed by atoms with van der Waals surface area (Å²) in [5, 5.41) is 10.1. The maximum Gasteiger partial charge on any atom is 0.124 e.